The predicted molar refractivity (Wildman–Crippen MR) is 157 cm³/mol. The van der Waals surface area contributed by atoms with E-state index >= 15 is 0 Å². The van der Waals surface area contributed by atoms with E-state index in [2.05, 4.69) is 111 Å². The summed E-state index contributed by atoms with van der Waals surface area (Å²) < 4.78 is 3.63. The first kappa shape index (κ1) is 25.4. The summed E-state index contributed by atoms with van der Waals surface area (Å²) in [5.41, 5.74) is 2.82. The molecule has 2 saturated carbocycles. The average Bonchev–Trinajstić information content (AvgIpc) is 3.63. The van der Waals surface area contributed by atoms with Crippen molar-refractivity contribution in [2.45, 2.75) is 85.5 Å². The summed E-state index contributed by atoms with van der Waals surface area (Å²) in [6.45, 7) is 4.63. The molecule has 4 aliphatic carbocycles. The van der Waals surface area contributed by atoms with Gasteiger partial charge in [-0.2, -0.15) is 0 Å². The van der Waals surface area contributed by atoms with Gasteiger partial charge in [0.1, 0.15) is 0 Å². The Morgan fingerprint density at radius 3 is 1.27 bits per heavy atom. The van der Waals surface area contributed by atoms with E-state index in [1.165, 1.54) is 75.3 Å². The molecule has 1 heteroatoms. The Morgan fingerprint density at radius 1 is 0.541 bits per heavy atom. The van der Waals surface area contributed by atoms with E-state index < -0.39 is 16.6 Å². The third-order valence-corrected chi connectivity index (χ3v) is 20.5. The van der Waals surface area contributed by atoms with E-state index in [9.17, 15) is 0 Å². The van der Waals surface area contributed by atoms with Crippen LogP contribution in [0.5, 0.6) is 0 Å². The molecule has 0 N–H and O–H groups in total. The molecular formula is C36H44Ti. The zero-order chi connectivity index (χ0) is 25.3. The van der Waals surface area contributed by atoms with E-state index in [-0.39, 0.29) is 7.44 Å². The van der Waals surface area contributed by atoms with Crippen molar-refractivity contribution in [1.29, 1.82) is 0 Å². The summed E-state index contributed by atoms with van der Waals surface area (Å²) >= 11 is -3.39. The minimum absolute atomic E-state index is 0.123. The van der Waals surface area contributed by atoms with Crippen LogP contribution in [-0.4, -0.2) is 0 Å². The van der Waals surface area contributed by atoms with E-state index in [0.717, 1.165) is 11.8 Å². The Bertz CT molecular complexity index is 1110. The third kappa shape index (κ3) is 3.97. The van der Waals surface area contributed by atoms with Gasteiger partial charge in [0.05, 0.1) is 0 Å². The molecular weight excluding hydrogens is 480 g/mol. The third-order valence-electron chi connectivity index (χ3n) is 10.5. The van der Waals surface area contributed by atoms with Crippen LogP contribution in [0.4, 0.5) is 0 Å². The molecule has 0 amide bonds. The van der Waals surface area contributed by atoms with Crippen LogP contribution in [0.1, 0.15) is 75.3 Å². The molecule has 2 aromatic carbocycles. The van der Waals surface area contributed by atoms with Gasteiger partial charge in [-0.15, -0.1) is 0 Å². The molecule has 0 bridgehead atoms. The number of hydrogen-bond acceptors (Lipinski definition) is 0. The quantitative estimate of drug-likeness (QED) is 0.331. The molecule has 0 heterocycles. The molecule has 2 fully saturated rings. The predicted octanol–water partition coefficient (Wildman–Crippen LogP) is 9.14. The summed E-state index contributed by atoms with van der Waals surface area (Å²) in [6.07, 6.45) is 34.5. The fourth-order valence-corrected chi connectivity index (χ4v) is 21.3. The van der Waals surface area contributed by atoms with Crippen LogP contribution < -0.4 is 7.74 Å². The Labute approximate surface area is 229 Å². The first-order valence-corrected chi connectivity index (χ1v) is 18.1. The van der Waals surface area contributed by atoms with Crippen LogP contribution >= 0.6 is 0 Å². The van der Waals surface area contributed by atoms with Crippen LogP contribution in [-0.2, 0) is 16.6 Å². The topological polar surface area (TPSA) is 0 Å². The number of hydrogen-bond donors (Lipinski definition) is 0. The molecule has 4 aliphatic rings. The van der Waals surface area contributed by atoms with Crippen LogP contribution in [0.25, 0.3) is 0 Å². The number of allylic oxidation sites excluding steroid dienone is 8. The van der Waals surface area contributed by atoms with E-state index in [0.29, 0.717) is 0 Å². The summed E-state index contributed by atoms with van der Waals surface area (Å²) in [5.74, 6) is 1.44. The monoisotopic (exact) mass is 524 g/mol. The SMILES string of the molecule is Cc1ccc[c]([Ti]([c]2cccc(C)c2)([C]2(C3CCCCC3)C=CC=C2)[C]2(C3CCCCC3)C=CC=C2)c1. The zero-order valence-electron chi connectivity index (χ0n) is 23.0. The van der Waals surface area contributed by atoms with E-state index in [1.54, 1.807) is 7.74 Å². The van der Waals surface area contributed by atoms with E-state index in [1.807, 2.05) is 0 Å². The molecule has 0 radical (unpaired) electrons. The Kier molecular flexibility index (Phi) is 7.11. The number of rotatable bonds is 6. The van der Waals surface area contributed by atoms with Gasteiger partial charge in [-0.1, -0.05) is 0 Å². The summed E-state index contributed by atoms with van der Waals surface area (Å²) in [4.78, 5) is 0. The maximum absolute atomic E-state index is 3.39. The normalized spacial score (nSPS) is 23.2. The second-order valence-electron chi connectivity index (χ2n) is 12.5. The van der Waals surface area contributed by atoms with Crippen LogP contribution in [0.2, 0.25) is 7.44 Å². The van der Waals surface area contributed by atoms with Crippen LogP contribution in [0.3, 0.4) is 0 Å². The summed E-state index contributed by atoms with van der Waals surface area (Å²) in [5, 5.41) is 0. The van der Waals surface area contributed by atoms with Gasteiger partial charge in [0, 0.05) is 0 Å². The molecule has 0 aromatic heterocycles. The van der Waals surface area contributed by atoms with Crippen molar-refractivity contribution in [1.82, 2.24) is 0 Å². The van der Waals surface area contributed by atoms with Gasteiger partial charge in [-0.25, -0.2) is 0 Å². The molecule has 0 saturated heterocycles. The Morgan fingerprint density at radius 2 is 0.919 bits per heavy atom. The summed E-state index contributed by atoms with van der Waals surface area (Å²) in [7, 11) is 0. The van der Waals surface area contributed by atoms with Gasteiger partial charge in [0.2, 0.25) is 0 Å². The summed E-state index contributed by atoms with van der Waals surface area (Å²) in [6, 6.07) is 19.7. The average molecular weight is 525 g/mol. The molecule has 0 spiro atoms. The van der Waals surface area contributed by atoms with Gasteiger partial charge < -0.3 is 0 Å². The molecule has 0 nitrogen and oxygen atoms in total. The second-order valence-corrected chi connectivity index (χ2v) is 19.3. The standard InChI is InChI=1S/2C11H15.2C7H7.Ti/c2*1-2-6-10(7-3-1)11-8-4-5-9-11;2*1-7-5-3-2-4-6-7;/h2*4-5,8-10H,1-3,6-7H2;2*2-3,5-6H,1H3;. The van der Waals surface area contributed by atoms with E-state index in [4.69, 9.17) is 0 Å². The Hall–Kier alpha value is -1.89. The maximum atomic E-state index is 2.73. The first-order valence-electron chi connectivity index (χ1n) is 15.0. The van der Waals surface area contributed by atoms with Gasteiger partial charge in [-0.3, -0.25) is 0 Å². The minimum atomic E-state index is -3.39. The molecule has 6 rings (SSSR count). The molecule has 2 aromatic rings. The van der Waals surface area contributed by atoms with Gasteiger partial charge in [-0.05, 0) is 0 Å². The second kappa shape index (κ2) is 10.4. The Balaban J connectivity index is 1.76. The van der Waals surface area contributed by atoms with Crippen LogP contribution in [0.15, 0.2) is 97.1 Å². The van der Waals surface area contributed by atoms with Gasteiger partial charge in [0.25, 0.3) is 0 Å². The van der Waals surface area contributed by atoms with Crippen molar-refractivity contribution >= 4 is 7.74 Å². The van der Waals surface area contributed by atoms with Crippen molar-refractivity contribution in [3.8, 4) is 0 Å². The van der Waals surface area contributed by atoms with Crippen molar-refractivity contribution in [2.24, 2.45) is 11.8 Å². The molecule has 0 aliphatic heterocycles. The van der Waals surface area contributed by atoms with Crippen molar-refractivity contribution in [3.05, 3.63) is 108 Å². The molecule has 0 atom stereocenters. The zero-order valence-corrected chi connectivity index (χ0v) is 24.5. The van der Waals surface area contributed by atoms with Crippen molar-refractivity contribution in [3.63, 3.8) is 0 Å². The molecule has 192 valence electrons. The first-order chi connectivity index (χ1) is 18.1. The van der Waals surface area contributed by atoms with Gasteiger partial charge in [0.15, 0.2) is 0 Å². The fourth-order valence-electron chi connectivity index (χ4n) is 9.09. The van der Waals surface area contributed by atoms with Crippen molar-refractivity contribution < 1.29 is 16.6 Å². The number of benzene rings is 2. The van der Waals surface area contributed by atoms with Gasteiger partial charge >= 0.3 is 230 Å². The number of aryl methyl sites for hydroxylation is 2. The fraction of sp³-hybridized carbons (Fsp3) is 0.444. The van der Waals surface area contributed by atoms with Crippen molar-refractivity contribution in [2.75, 3.05) is 0 Å². The van der Waals surface area contributed by atoms with Crippen LogP contribution in [0, 0.1) is 25.7 Å². The molecule has 37 heavy (non-hydrogen) atoms. The molecule has 0 unspecified atom stereocenters.